The van der Waals surface area contributed by atoms with E-state index in [1.54, 1.807) is 16.9 Å². The number of nitrogens with one attached hydrogen (secondary N) is 1. The van der Waals surface area contributed by atoms with Gasteiger partial charge in [0, 0.05) is 32.7 Å². The Bertz CT molecular complexity index is 547. The van der Waals surface area contributed by atoms with Crippen molar-refractivity contribution in [1.29, 1.82) is 0 Å². The van der Waals surface area contributed by atoms with Gasteiger partial charge in [-0.3, -0.25) is 4.90 Å². The van der Waals surface area contributed by atoms with Crippen LogP contribution in [-0.4, -0.2) is 46.1 Å². The summed E-state index contributed by atoms with van der Waals surface area (Å²) in [5.74, 6) is -0.263. The van der Waals surface area contributed by atoms with Crippen LogP contribution in [0.4, 0.5) is 4.39 Å². The Balaban J connectivity index is 1.81. The van der Waals surface area contributed by atoms with Crippen LogP contribution >= 0.6 is 0 Å². The minimum Gasteiger partial charge on any atom is -0.314 e. The number of benzene rings is 1. The van der Waals surface area contributed by atoms with Crippen LogP contribution in [0.2, 0.25) is 0 Å². The summed E-state index contributed by atoms with van der Waals surface area (Å²) in [7, 11) is 0. The Morgan fingerprint density at radius 3 is 2.89 bits per heavy atom. The van der Waals surface area contributed by atoms with Crippen molar-refractivity contribution < 1.29 is 4.39 Å². The maximum absolute atomic E-state index is 13.3. The Morgan fingerprint density at radius 1 is 1.26 bits per heavy atom. The highest BCUT2D eigenvalue weighted by molar-refractivity contribution is 5.32. The van der Waals surface area contributed by atoms with Gasteiger partial charge in [-0.15, -0.1) is 5.10 Å². The molecule has 0 amide bonds. The Morgan fingerprint density at radius 2 is 2.11 bits per heavy atom. The van der Waals surface area contributed by atoms with Crippen molar-refractivity contribution in [2.24, 2.45) is 0 Å². The van der Waals surface area contributed by atoms with Crippen molar-refractivity contribution in [3.8, 4) is 5.69 Å². The highest BCUT2D eigenvalue weighted by Crippen LogP contribution is 2.12. The third kappa shape index (κ3) is 2.80. The molecule has 6 heteroatoms. The fourth-order valence-electron chi connectivity index (χ4n) is 2.29. The van der Waals surface area contributed by atoms with Gasteiger partial charge in [0.25, 0.3) is 0 Å². The van der Waals surface area contributed by atoms with E-state index in [4.69, 9.17) is 0 Å². The molecule has 19 heavy (non-hydrogen) atoms. The molecule has 0 bridgehead atoms. The van der Waals surface area contributed by atoms with Crippen LogP contribution in [0, 0.1) is 5.82 Å². The molecule has 3 rings (SSSR count). The van der Waals surface area contributed by atoms with Crippen LogP contribution in [0.15, 0.2) is 30.5 Å². The molecule has 100 valence electrons. The molecule has 1 fully saturated rings. The molecule has 0 spiro atoms. The highest BCUT2D eigenvalue weighted by Gasteiger charge is 2.14. The molecule has 1 aliphatic heterocycles. The lowest BCUT2D eigenvalue weighted by atomic mass is 10.3. The maximum atomic E-state index is 13.3. The first kappa shape index (κ1) is 12.3. The fraction of sp³-hybridized carbons (Fsp3) is 0.385. The molecule has 0 unspecified atom stereocenters. The average Bonchev–Trinajstić information content (AvgIpc) is 2.88. The molecule has 5 nitrogen and oxygen atoms in total. The lowest BCUT2D eigenvalue weighted by Crippen LogP contribution is -2.43. The number of nitrogens with zero attached hydrogens (tertiary/aromatic N) is 4. The van der Waals surface area contributed by atoms with E-state index in [1.165, 1.54) is 12.1 Å². The summed E-state index contributed by atoms with van der Waals surface area (Å²) in [6, 6.07) is 6.41. The first-order valence-corrected chi connectivity index (χ1v) is 6.41. The van der Waals surface area contributed by atoms with E-state index < -0.39 is 0 Å². The van der Waals surface area contributed by atoms with Gasteiger partial charge in [-0.25, -0.2) is 9.07 Å². The number of hydrogen-bond donors (Lipinski definition) is 1. The summed E-state index contributed by atoms with van der Waals surface area (Å²) in [5.41, 5.74) is 1.69. The molecule has 0 saturated carbocycles. The van der Waals surface area contributed by atoms with Crippen molar-refractivity contribution in [1.82, 2.24) is 25.2 Å². The molecule has 2 aromatic rings. The van der Waals surface area contributed by atoms with Gasteiger partial charge in [0.1, 0.15) is 5.82 Å². The number of piperazine rings is 1. The van der Waals surface area contributed by atoms with Gasteiger partial charge in [0.15, 0.2) is 0 Å². The van der Waals surface area contributed by atoms with E-state index in [2.05, 4.69) is 20.5 Å². The third-order valence-corrected chi connectivity index (χ3v) is 3.27. The van der Waals surface area contributed by atoms with Gasteiger partial charge >= 0.3 is 0 Å². The predicted molar refractivity (Wildman–Crippen MR) is 69.5 cm³/mol. The standard InChI is InChI=1S/C13H16FN5/c14-11-2-1-3-12(8-11)19-13(9-16-17-19)10-18-6-4-15-5-7-18/h1-3,8-9,15H,4-7,10H2. The SMILES string of the molecule is Fc1cccc(-n2nncc2CN2CCNCC2)c1. The van der Waals surface area contributed by atoms with Crippen LogP contribution < -0.4 is 5.32 Å². The van der Waals surface area contributed by atoms with E-state index in [0.717, 1.165) is 38.4 Å². The summed E-state index contributed by atoms with van der Waals surface area (Å²) < 4.78 is 15.0. The lowest BCUT2D eigenvalue weighted by molar-refractivity contribution is 0.229. The van der Waals surface area contributed by atoms with Crippen molar-refractivity contribution in [2.75, 3.05) is 26.2 Å². The first-order valence-electron chi connectivity index (χ1n) is 6.41. The van der Waals surface area contributed by atoms with Gasteiger partial charge in [-0.05, 0) is 18.2 Å². The van der Waals surface area contributed by atoms with Gasteiger partial charge in [-0.1, -0.05) is 11.3 Å². The Kier molecular flexibility index (Phi) is 3.52. The van der Waals surface area contributed by atoms with Gasteiger partial charge < -0.3 is 5.32 Å². The van der Waals surface area contributed by atoms with Crippen molar-refractivity contribution in [2.45, 2.75) is 6.54 Å². The zero-order valence-corrected chi connectivity index (χ0v) is 10.6. The molecular weight excluding hydrogens is 245 g/mol. The molecule has 0 atom stereocenters. The van der Waals surface area contributed by atoms with Crippen LogP contribution in [0.1, 0.15) is 5.69 Å². The molecule has 0 aliphatic carbocycles. The second-order valence-corrected chi connectivity index (χ2v) is 4.64. The first-order chi connectivity index (χ1) is 9.33. The van der Waals surface area contributed by atoms with Crippen LogP contribution in [0.3, 0.4) is 0 Å². The van der Waals surface area contributed by atoms with Gasteiger partial charge in [0.05, 0.1) is 17.6 Å². The quantitative estimate of drug-likeness (QED) is 0.888. The third-order valence-electron chi connectivity index (χ3n) is 3.27. The van der Waals surface area contributed by atoms with E-state index in [1.807, 2.05) is 6.07 Å². The number of aromatic nitrogens is 3. The second kappa shape index (κ2) is 5.46. The van der Waals surface area contributed by atoms with Crippen molar-refractivity contribution >= 4 is 0 Å². The largest absolute Gasteiger partial charge is 0.314 e. The second-order valence-electron chi connectivity index (χ2n) is 4.64. The summed E-state index contributed by atoms with van der Waals surface area (Å²) >= 11 is 0. The van der Waals surface area contributed by atoms with Crippen LogP contribution in [-0.2, 0) is 6.54 Å². The smallest absolute Gasteiger partial charge is 0.125 e. The molecule has 1 aromatic heterocycles. The normalized spacial score (nSPS) is 16.7. The average molecular weight is 261 g/mol. The monoisotopic (exact) mass is 261 g/mol. The van der Waals surface area contributed by atoms with E-state index >= 15 is 0 Å². The number of rotatable bonds is 3. The van der Waals surface area contributed by atoms with E-state index in [-0.39, 0.29) is 5.82 Å². The number of hydrogen-bond acceptors (Lipinski definition) is 4. The summed E-state index contributed by atoms with van der Waals surface area (Å²) in [6.45, 7) is 4.80. The minimum absolute atomic E-state index is 0.263. The molecule has 1 saturated heterocycles. The predicted octanol–water partition coefficient (Wildman–Crippen LogP) is 0.812. The highest BCUT2D eigenvalue weighted by atomic mass is 19.1. The lowest BCUT2D eigenvalue weighted by Gasteiger charge is -2.26. The van der Waals surface area contributed by atoms with E-state index in [0.29, 0.717) is 5.69 Å². The van der Waals surface area contributed by atoms with Gasteiger partial charge in [0.2, 0.25) is 0 Å². The van der Waals surface area contributed by atoms with Crippen LogP contribution in [0.5, 0.6) is 0 Å². The minimum atomic E-state index is -0.263. The van der Waals surface area contributed by atoms with Crippen molar-refractivity contribution in [3.63, 3.8) is 0 Å². The van der Waals surface area contributed by atoms with Crippen LogP contribution in [0.25, 0.3) is 5.69 Å². The topological polar surface area (TPSA) is 46.0 Å². The zero-order valence-electron chi connectivity index (χ0n) is 10.6. The summed E-state index contributed by atoms with van der Waals surface area (Å²) in [6.07, 6.45) is 1.74. The maximum Gasteiger partial charge on any atom is 0.125 e. The Labute approximate surface area is 111 Å². The molecular formula is C13H16FN5. The fourth-order valence-corrected chi connectivity index (χ4v) is 2.29. The molecule has 1 aliphatic rings. The summed E-state index contributed by atoms with van der Waals surface area (Å²) in [5, 5.41) is 11.3. The van der Waals surface area contributed by atoms with E-state index in [9.17, 15) is 4.39 Å². The molecule has 1 aromatic carbocycles. The Hall–Kier alpha value is -1.79. The zero-order chi connectivity index (χ0) is 13.1. The number of halogens is 1. The van der Waals surface area contributed by atoms with Crippen molar-refractivity contribution in [3.05, 3.63) is 42.0 Å². The summed E-state index contributed by atoms with van der Waals surface area (Å²) in [4.78, 5) is 2.34. The van der Waals surface area contributed by atoms with Gasteiger partial charge in [-0.2, -0.15) is 0 Å². The molecule has 1 N–H and O–H groups in total. The molecule has 2 heterocycles. The molecule has 0 radical (unpaired) electrons.